The maximum absolute atomic E-state index is 13.8. The van der Waals surface area contributed by atoms with Crippen molar-refractivity contribution >= 4 is 0 Å². The van der Waals surface area contributed by atoms with Gasteiger partial charge in [0.15, 0.2) is 11.6 Å². The SMILES string of the molecule is CNC(Cc1cccc(F)c1F)/C1=C/CCCCCC1. The second-order valence-corrected chi connectivity index (χ2v) is 5.49. The summed E-state index contributed by atoms with van der Waals surface area (Å²) >= 11 is 0. The molecule has 1 unspecified atom stereocenters. The van der Waals surface area contributed by atoms with Crippen molar-refractivity contribution < 1.29 is 8.78 Å². The number of hydrogen-bond acceptors (Lipinski definition) is 1. The Morgan fingerprint density at radius 2 is 1.95 bits per heavy atom. The van der Waals surface area contributed by atoms with E-state index in [1.807, 2.05) is 7.05 Å². The highest BCUT2D eigenvalue weighted by atomic mass is 19.2. The van der Waals surface area contributed by atoms with Crippen molar-refractivity contribution in [3.63, 3.8) is 0 Å². The van der Waals surface area contributed by atoms with Crippen LogP contribution in [-0.2, 0) is 6.42 Å². The molecule has 1 aliphatic rings. The molecule has 0 aromatic heterocycles. The molecule has 2 rings (SSSR count). The van der Waals surface area contributed by atoms with Gasteiger partial charge in [-0.25, -0.2) is 8.78 Å². The van der Waals surface area contributed by atoms with Gasteiger partial charge in [-0.05, 0) is 50.8 Å². The van der Waals surface area contributed by atoms with E-state index in [2.05, 4.69) is 11.4 Å². The summed E-state index contributed by atoms with van der Waals surface area (Å²) in [6.45, 7) is 0. The second kappa shape index (κ2) is 7.53. The van der Waals surface area contributed by atoms with Crippen LogP contribution in [0.5, 0.6) is 0 Å². The van der Waals surface area contributed by atoms with Crippen LogP contribution in [0.2, 0.25) is 0 Å². The minimum absolute atomic E-state index is 0.101. The summed E-state index contributed by atoms with van der Waals surface area (Å²) in [5.74, 6) is -1.47. The molecule has 1 aromatic carbocycles. The molecule has 1 aliphatic carbocycles. The number of halogens is 2. The molecule has 1 nitrogen and oxygen atoms in total. The van der Waals surface area contributed by atoms with Crippen LogP contribution in [0.4, 0.5) is 8.78 Å². The van der Waals surface area contributed by atoms with Gasteiger partial charge in [-0.15, -0.1) is 0 Å². The average molecular weight is 279 g/mol. The number of rotatable bonds is 4. The van der Waals surface area contributed by atoms with Crippen LogP contribution in [0.3, 0.4) is 0 Å². The molecule has 0 amide bonds. The molecule has 1 atom stereocenters. The van der Waals surface area contributed by atoms with E-state index in [9.17, 15) is 8.78 Å². The maximum Gasteiger partial charge on any atom is 0.162 e. The second-order valence-electron chi connectivity index (χ2n) is 5.49. The Morgan fingerprint density at radius 1 is 1.15 bits per heavy atom. The van der Waals surface area contributed by atoms with E-state index in [0.717, 1.165) is 12.8 Å². The average Bonchev–Trinajstić information content (AvgIpc) is 2.41. The van der Waals surface area contributed by atoms with Gasteiger partial charge in [-0.2, -0.15) is 0 Å². The summed E-state index contributed by atoms with van der Waals surface area (Å²) < 4.78 is 27.1. The molecule has 0 aliphatic heterocycles. The number of nitrogens with one attached hydrogen (secondary N) is 1. The monoisotopic (exact) mass is 279 g/mol. The molecule has 20 heavy (non-hydrogen) atoms. The summed E-state index contributed by atoms with van der Waals surface area (Å²) in [4.78, 5) is 0. The first kappa shape index (κ1) is 15.2. The summed E-state index contributed by atoms with van der Waals surface area (Å²) in [6.07, 6.45) is 9.93. The predicted octanol–water partition coefficient (Wildman–Crippen LogP) is 4.38. The van der Waals surface area contributed by atoms with Crippen molar-refractivity contribution in [2.75, 3.05) is 7.05 Å². The Kier molecular flexibility index (Phi) is 5.72. The smallest absolute Gasteiger partial charge is 0.162 e. The highest BCUT2D eigenvalue weighted by Gasteiger charge is 2.17. The summed E-state index contributed by atoms with van der Waals surface area (Å²) in [7, 11) is 1.89. The standard InChI is InChI=1S/C17H23F2N/c1-20-16(13-8-5-3-2-4-6-9-13)12-14-10-7-11-15(18)17(14)19/h7-8,10-11,16,20H,2-6,9,12H2,1H3/b13-8+. The van der Waals surface area contributed by atoms with E-state index >= 15 is 0 Å². The molecule has 0 spiro atoms. The molecule has 0 fully saturated rings. The summed E-state index contributed by atoms with van der Waals surface area (Å²) in [6, 6.07) is 4.52. The van der Waals surface area contributed by atoms with Crippen LogP contribution in [0, 0.1) is 11.6 Å². The Bertz CT molecular complexity index is 468. The van der Waals surface area contributed by atoms with Crippen molar-refractivity contribution in [3.8, 4) is 0 Å². The van der Waals surface area contributed by atoms with E-state index in [4.69, 9.17) is 0 Å². The minimum Gasteiger partial charge on any atom is -0.313 e. The van der Waals surface area contributed by atoms with Gasteiger partial charge in [0.2, 0.25) is 0 Å². The lowest BCUT2D eigenvalue weighted by Gasteiger charge is -2.22. The quantitative estimate of drug-likeness (QED) is 0.807. The van der Waals surface area contributed by atoms with Gasteiger partial charge in [-0.3, -0.25) is 0 Å². The Labute approximate surface area is 120 Å². The molecule has 1 N–H and O–H groups in total. The van der Waals surface area contributed by atoms with Crippen molar-refractivity contribution in [1.29, 1.82) is 0 Å². The first-order chi connectivity index (χ1) is 9.72. The van der Waals surface area contributed by atoms with E-state index in [0.29, 0.717) is 12.0 Å². The zero-order valence-corrected chi connectivity index (χ0v) is 12.1. The van der Waals surface area contributed by atoms with Crippen LogP contribution in [-0.4, -0.2) is 13.1 Å². The van der Waals surface area contributed by atoms with Gasteiger partial charge in [0.25, 0.3) is 0 Å². The number of hydrogen-bond donors (Lipinski definition) is 1. The van der Waals surface area contributed by atoms with Crippen LogP contribution >= 0.6 is 0 Å². The van der Waals surface area contributed by atoms with E-state index in [1.165, 1.54) is 37.3 Å². The third-order valence-corrected chi connectivity index (χ3v) is 4.08. The Hall–Kier alpha value is -1.22. The number of benzene rings is 1. The normalized spacial score (nSPS) is 20.6. The van der Waals surface area contributed by atoms with E-state index < -0.39 is 11.6 Å². The maximum atomic E-state index is 13.8. The fourth-order valence-electron chi connectivity index (χ4n) is 2.88. The lowest BCUT2D eigenvalue weighted by Crippen LogP contribution is -2.30. The molecule has 0 radical (unpaired) electrons. The molecule has 0 heterocycles. The van der Waals surface area contributed by atoms with Gasteiger partial charge in [0.1, 0.15) is 0 Å². The fourth-order valence-corrected chi connectivity index (χ4v) is 2.88. The van der Waals surface area contributed by atoms with Crippen molar-refractivity contribution in [2.24, 2.45) is 0 Å². The largest absolute Gasteiger partial charge is 0.313 e. The highest BCUT2D eigenvalue weighted by Crippen LogP contribution is 2.23. The zero-order chi connectivity index (χ0) is 14.4. The molecular weight excluding hydrogens is 256 g/mol. The summed E-state index contributed by atoms with van der Waals surface area (Å²) in [5.41, 5.74) is 1.79. The van der Waals surface area contributed by atoms with Gasteiger partial charge in [0, 0.05) is 6.04 Å². The van der Waals surface area contributed by atoms with Gasteiger partial charge in [0.05, 0.1) is 0 Å². The molecule has 0 saturated carbocycles. The van der Waals surface area contributed by atoms with Crippen LogP contribution in [0.25, 0.3) is 0 Å². The van der Waals surface area contributed by atoms with E-state index in [-0.39, 0.29) is 6.04 Å². The Balaban J connectivity index is 2.13. The zero-order valence-electron chi connectivity index (χ0n) is 12.1. The third kappa shape index (κ3) is 3.89. The summed E-state index contributed by atoms with van der Waals surface area (Å²) in [5, 5.41) is 3.26. The van der Waals surface area contributed by atoms with Crippen LogP contribution in [0.15, 0.2) is 29.8 Å². The number of allylic oxidation sites excluding steroid dienone is 1. The first-order valence-electron chi connectivity index (χ1n) is 7.51. The molecule has 1 aromatic rings. The van der Waals surface area contributed by atoms with Crippen molar-refractivity contribution in [1.82, 2.24) is 5.32 Å². The topological polar surface area (TPSA) is 12.0 Å². The molecule has 3 heteroatoms. The van der Waals surface area contributed by atoms with Gasteiger partial charge in [-0.1, -0.05) is 36.6 Å². The lowest BCUT2D eigenvalue weighted by atomic mass is 9.91. The van der Waals surface area contributed by atoms with Gasteiger partial charge < -0.3 is 5.32 Å². The fraction of sp³-hybridized carbons (Fsp3) is 0.529. The lowest BCUT2D eigenvalue weighted by molar-refractivity contribution is 0.487. The highest BCUT2D eigenvalue weighted by molar-refractivity contribution is 5.24. The minimum atomic E-state index is -0.760. The Morgan fingerprint density at radius 3 is 2.75 bits per heavy atom. The number of likely N-dealkylation sites (N-methyl/N-ethyl adjacent to an activating group) is 1. The third-order valence-electron chi connectivity index (χ3n) is 4.08. The van der Waals surface area contributed by atoms with E-state index in [1.54, 1.807) is 12.1 Å². The molecule has 0 saturated heterocycles. The van der Waals surface area contributed by atoms with Crippen molar-refractivity contribution in [3.05, 3.63) is 47.0 Å². The van der Waals surface area contributed by atoms with Crippen LogP contribution in [0.1, 0.15) is 44.1 Å². The van der Waals surface area contributed by atoms with Crippen LogP contribution < -0.4 is 5.32 Å². The molecule has 110 valence electrons. The first-order valence-corrected chi connectivity index (χ1v) is 7.51. The predicted molar refractivity (Wildman–Crippen MR) is 78.7 cm³/mol. The molecular formula is C17H23F2N. The van der Waals surface area contributed by atoms with Crippen molar-refractivity contribution in [2.45, 2.75) is 51.0 Å². The molecule has 0 bridgehead atoms. The van der Waals surface area contributed by atoms with Gasteiger partial charge >= 0.3 is 0 Å².